The lowest BCUT2D eigenvalue weighted by Gasteiger charge is -2.13. The molecule has 1 aromatic carbocycles. The lowest BCUT2D eigenvalue weighted by molar-refractivity contribution is 0.100. The van der Waals surface area contributed by atoms with Crippen LogP contribution in [-0.4, -0.2) is 51.2 Å². The number of benzene rings is 1. The largest absolute Gasteiger partial charge is 0.497 e. The zero-order valence-electron chi connectivity index (χ0n) is 11.6. The molecule has 0 saturated heterocycles. The Labute approximate surface area is 114 Å². The molecule has 0 radical (unpaired) electrons. The highest BCUT2D eigenvalue weighted by Gasteiger charge is 2.04. The van der Waals surface area contributed by atoms with Crippen molar-refractivity contribution in [2.24, 2.45) is 0 Å². The zero-order valence-corrected chi connectivity index (χ0v) is 11.6. The van der Waals surface area contributed by atoms with Crippen LogP contribution in [0.2, 0.25) is 0 Å². The van der Waals surface area contributed by atoms with Gasteiger partial charge < -0.3 is 24.6 Å². The Morgan fingerprint density at radius 1 is 1.21 bits per heavy atom. The summed E-state index contributed by atoms with van der Waals surface area (Å²) in [7, 11) is 1.62. The Hall–Kier alpha value is -1.30. The number of aliphatic hydroxyl groups is 1. The fourth-order valence-electron chi connectivity index (χ4n) is 1.48. The first kappa shape index (κ1) is 15.8. The molecule has 1 atom stereocenters. The molecule has 2 N–H and O–H groups in total. The van der Waals surface area contributed by atoms with Gasteiger partial charge in [0.1, 0.15) is 24.2 Å². The molecule has 0 aromatic heterocycles. The van der Waals surface area contributed by atoms with Crippen molar-refractivity contribution in [3.63, 3.8) is 0 Å². The molecule has 5 nitrogen and oxygen atoms in total. The van der Waals surface area contributed by atoms with E-state index in [-0.39, 0.29) is 6.61 Å². The molecule has 0 fully saturated rings. The topological polar surface area (TPSA) is 60.0 Å². The van der Waals surface area contributed by atoms with E-state index in [1.807, 2.05) is 31.2 Å². The molecular formula is C14H23NO4. The Bertz CT molecular complexity index is 329. The average molecular weight is 269 g/mol. The van der Waals surface area contributed by atoms with E-state index in [9.17, 15) is 5.11 Å². The van der Waals surface area contributed by atoms with Crippen molar-refractivity contribution in [3.8, 4) is 11.5 Å². The molecule has 0 bridgehead atoms. The minimum atomic E-state index is -0.538. The lowest BCUT2D eigenvalue weighted by Crippen LogP contribution is -2.33. The minimum Gasteiger partial charge on any atom is -0.497 e. The summed E-state index contributed by atoms with van der Waals surface area (Å²) in [5.41, 5.74) is 0. The van der Waals surface area contributed by atoms with Crippen molar-refractivity contribution in [3.05, 3.63) is 24.3 Å². The van der Waals surface area contributed by atoms with Crippen LogP contribution >= 0.6 is 0 Å². The SMILES string of the molecule is CCOCCNCC(O)COc1ccc(OC)cc1. The maximum Gasteiger partial charge on any atom is 0.119 e. The van der Waals surface area contributed by atoms with E-state index in [1.165, 1.54) is 0 Å². The zero-order chi connectivity index (χ0) is 13.9. The van der Waals surface area contributed by atoms with Crippen molar-refractivity contribution in [2.45, 2.75) is 13.0 Å². The third-order valence-corrected chi connectivity index (χ3v) is 2.51. The minimum absolute atomic E-state index is 0.258. The van der Waals surface area contributed by atoms with Gasteiger partial charge in [-0.2, -0.15) is 0 Å². The van der Waals surface area contributed by atoms with Crippen LogP contribution in [0.15, 0.2) is 24.3 Å². The second-order valence-corrected chi connectivity index (χ2v) is 4.04. The van der Waals surface area contributed by atoms with Gasteiger partial charge in [0.05, 0.1) is 13.7 Å². The Balaban J connectivity index is 2.13. The third-order valence-electron chi connectivity index (χ3n) is 2.51. The maximum absolute atomic E-state index is 9.71. The monoisotopic (exact) mass is 269 g/mol. The first-order chi connectivity index (χ1) is 9.26. The molecule has 0 spiro atoms. The van der Waals surface area contributed by atoms with Crippen LogP contribution < -0.4 is 14.8 Å². The molecule has 0 heterocycles. The summed E-state index contributed by atoms with van der Waals surface area (Å²) < 4.78 is 15.7. The number of hydrogen-bond donors (Lipinski definition) is 2. The van der Waals surface area contributed by atoms with Crippen molar-refractivity contribution < 1.29 is 19.3 Å². The summed E-state index contributed by atoms with van der Waals surface area (Å²) in [5.74, 6) is 1.50. The molecule has 5 heteroatoms. The molecule has 1 aromatic rings. The van der Waals surface area contributed by atoms with Crippen molar-refractivity contribution in [1.29, 1.82) is 0 Å². The van der Waals surface area contributed by atoms with E-state index >= 15 is 0 Å². The van der Waals surface area contributed by atoms with Crippen molar-refractivity contribution in [2.75, 3.05) is 40.0 Å². The van der Waals surface area contributed by atoms with Gasteiger partial charge in [-0.15, -0.1) is 0 Å². The van der Waals surface area contributed by atoms with E-state index in [0.29, 0.717) is 25.5 Å². The predicted octanol–water partition coefficient (Wildman–Crippen LogP) is 1.06. The Morgan fingerprint density at radius 3 is 2.53 bits per heavy atom. The standard InChI is InChI=1S/C14H23NO4/c1-3-18-9-8-15-10-12(16)11-19-14-6-4-13(17-2)5-7-14/h4-7,12,15-16H,3,8-11H2,1-2H3. The van der Waals surface area contributed by atoms with E-state index in [0.717, 1.165) is 12.3 Å². The number of aliphatic hydroxyl groups excluding tert-OH is 1. The van der Waals surface area contributed by atoms with E-state index in [4.69, 9.17) is 14.2 Å². The number of nitrogens with one attached hydrogen (secondary N) is 1. The first-order valence-corrected chi connectivity index (χ1v) is 6.49. The number of hydrogen-bond acceptors (Lipinski definition) is 5. The van der Waals surface area contributed by atoms with Crippen LogP contribution in [0, 0.1) is 0 Å². The highest BCUT2D eigenvalue weighted by Crippen LogP contribution is 2.16. The first-order valence-electron chi connectivity index (χ1n) is 6.49. The average Bonchev–Trinajstić information content (AvgIpc) is 2.45. The molecule has 0 amide bonds. The van der Waals surface area contributed by atoms with Gasteiger partial charge in [-0.25, -0.2) is 0 Å². The fourth-order valence-corrected chi connectivity index (χ4v) is 1.48. The van der Waals surface area contributed by atoms with Gasteiger partial charge in [-0.3, -0.25) is 0 Å². The molecule has 1 unspecified atom stereocenters. The van der Waals surface area contributed by atoms with Crippen LogP contribution in [0.5, 0.6) is 11.5 Å². The lowest BCUT2D eigenvalue weighted by atomic mass is 10.3. The number of ether oxygens (including phenoxy) is 3. The van der Waals surface area contributed by atoms with Crippen LogP contribution in [0.1, 0.15) is 6.92 Å². The molecule has 0 aliphatic carbocycles. The molecular weight excluding hydrogens is 246 g/mol. The smallest absolute Gasteiger partial charge is 0.119 e. The third kappa shape index (κ3) is 7.00. The Kier molecular flexibility index (Phi) is 7.97. The summed E-state index contributed by atoms with van der Waals surface area (Å²) in [4.78, 5) is 0. The Morgan fingerprint density at radius 2 is 1.89 bits per heavy atom. The highest BCUT2D eigenvalue weighted by molar-refractivity contribution is 5.31. The maximum atomic E-state index is 9.71. The second kappa shape index (κ2) is 9.61. The summed E-state index contributed by atoms with van der Waals surface area (Å²) in [6, 6.07) is 7.27. The van der Waals surface area contributed by atoms with Crippen LogP contribution in [0.25, 0.3) is 0 Å². The van der Waals surface area contributed by atoms with E-state index in [2.05, 4.69) is 5.32 Å². The molecule has 1 rings (SSSR count). The van der Waals surface area contributed by atoms with E-state index < -0.39 is 6.10 Å². The molecule has 19 heavy (non-hydrogen) atoms. The number of methoxy groups -OCH3 is 1. The molecule has 0 aliphatic heterocycles. The van der Waals surface area contributed by atoms with Gasteiger partial charge in [0.2, 0.25) is 0 Å². The summed E-state index contributed by atoms with van der Waals surface area (Å²) in [5, 5.41) is 12.8. The molecule has 0 aliphatic rings. The summed E-state index contributed by atoms with van der Waals surface area (Å²) in [6.07, 6.45) is -0.538. The van der Waals surface area contributed by atoms with Gasteiger partial charge >= 0.3 is 0 Å². The molecule has 108 valence electrons. The highest BCUT2D eigenvalue weighted by atomic mass is 16.5. The van der Waals surface area contributed by atoms with Crippen molar-refractivity contribution in [1.82, 2.24) is 5.32 Å². The van der Waals surface area contributed by atoms with Crippen LogP contribution in [0.3, 0.4) is 0 Å². The van der Waals surface area contributed by atoms with Crippen LogP contribution in [0.4, 0.5) is 0 Å². The van der Waals surface area contributed by atoms with Gasteiger partial charge in [-0.1, -0.05) is 0 Å². The second-order valence-electron chi connectivity index (χ2n) is 4.04. The quantitative estimate of drug-likeness (QED) is 0.622. The fraction of sp³-hybridized carbons (Fsp3) is 0.571. The van der Waals surface area contributed by atoms with Crippen molar-refractivity contribution >= 4 is 0 Å². The van der Waals surface area contributed by atoms with Gasteiger partial charge in [0.25, 0.3) is 0 Å². The predicted molar refractivity (Wildman–Crippen MR) is 73.9 cm³/mol. The van der Waals surface area contributed by atoms with Gasteiger partial charge in [0, 0.05) is 19.7 Å². The number of rotatable bonds is 10. The van der Waals surface area contributed by atoms with Crippen LogP contribution in [-0.2, 0) is 4.74 Å². The van der Waals surface area contributed by atoms with Gasteiger partial charge in [-0.05, 0) is 31.2 Å². The summed E-state index contributed by atoms with van der Waals surface area (Å²) >= 11 is 0. The molecule has 0 saturated carbocycles. The normalized spacial score (nSPS) is 12.2. The summed E-state index contributed by atoms with van der Waals surface area (Å²) in [6.45, 7) is 4.80. The van der Waals surface area contributed by atoms with Gasteiger partial charge in [0.15, 0.2) is 0 Å². The van der Waals surface area contributed by atoms with E-state index in [1.54, 1.807) is 7.11 Å².